The van der Waals surface area contributed by atoms with Crippen LogP contribution in [0.4, 0.5) is 0 Å². The van der Waals surface area contributed by atoms with Crippen LogP contribution in [0.1, 0.15) is 33.6 Å². The van der Waals surface area contributed by atoms with Crippen molar-refractivity contribution in [3.8, 4) is 0 Å². The fraction of sp³-hybridized carbons (Fsp3) is 0.667. The molecule has 1 aliphatic heterocycles. The van der Waals surface area contributed by atoms with E-state index in [2.05, 4.69) is 56.4 Å². The van der Waals surface area contributed by atoms with E-state index in [1.807, 2.05) is 0 Å². The van der Waals surface area contributed by atoms with E-state index in [9.17, 15) is 0 Å². The molecule has 0 aromatic carbocycles. The van der Waals surface area contributed by atoms with Crippen molar-refractivity contribution in [2.75, 3.05) is 11.5 Å². The van der Waals surface area contributed by atoms with E-state index in [0.29, 0.717) is 0 Å². The Bertz CT molecular complexity index is 218. The van der Waals surface area contributed by atoms with E-state index in [0.717, 1.165) is 4.58 Å². The van der Waals surface area contributed by atoms with E-state index in [1.54, 1.807) is 5.57 Å². The molecule has 80 valence electrons. The van der Waals surface area contributed by atoms with Crippen LogP contribution in [-0.2, 0) is 0 Å². The summed E-state index contributed by atoms with van der Waals surface area (Å²) in [6, 6.07) is 0. The Hall–Kier alpha value is 0.180. The van der Waals surface area contributed by atoms with Gasteiger partial charge in [-0.3, -0.25) is 0 Å². The molecule has 1 fully saturated rings. The monoisotopic (exact) mass is 228 g/mol. The summed E-state index contributed by atoms with van der Waals surface area (Å²) >= 11 is 4.16. The minimum absolute atomic E-state index is 0.738. The van der Waals surface area contributed by atoms with Gasteiger partial charge in [0.1, 0.15) is 0 Å². The molecule has 0 nitrogen and oxygen atoms in total. The van der Waals surface area contributed by atoms with E-state index < -0.39 is 0 Å². The second kappa shape index (κ2) is 6.62. The molecule has 0 N–H and O–H groups in total. The number of thioether (sulfide) groups is 2. The summed E-state index contributed by atoms with van der Waals surface area (Å²) in [5.41, 5.74) is 2.98. The molecule has 1 rings (SSSR count). The number of hydrogen-bond acceptors (Lipinski definition) is 2. The molecule has 0 spiro atoms. The van der Waals surface area contributed by atoms with E-state index in [-0.39, 0.29) is 0 Å². The normalized spacial score (nSPS) is 18.6. The van der Waals surface area contributed by atoms with Crippen LogP contribution in [-0.4, -0.2) is 16.1 Å². The zero-order valence-corrected chi connectivity index (χ0v) is 11.0. The van der Waals surface area contributed by atoms with Crippen LogP contribution in [0.2, 0.25) is 0 Å². The third kappa shape index (κ3) is 5.16. The minimum atomic E-state index is 0.738. The van der Waals surface area contributed by atoms with Crippen molar-refractivity contribution < 1.29 is 0 Å². The zero-order chi connectivity index (χ0) is 10.4. The predicted octanol–water partition coefficient (Wildman–Crippen LogP) is 4.49. The van der Waals surface area contributed by atoms with Gasteiger partial charge in [-0.1, -0.05) is 23.3 Å². The molecule has 2 heteroatoms. The van der Waals surface area contributed by atoms with Gasteiger partial charge in [-0.15, -0.1) is 23.5 Å². The lowest BCUT2D eigenvalue weighted by Crippen LogP contribution is -1.87. The van der Waals surface area contributed by atoms with Crippen LogP contribution in [0.5, 0.6) is 0 Å². The molecular weight excluding hydrogens is 208 g/mol. The van der Waals surface area contributed by atoms with Gasteiger partial charge in [0.2, 0.25) is 0 Å². The molecule has 0 amide bonds. The van der Waals surface area contributed by atoms with Crippen molar-refractivity contribution in [2.24, 2.45) is 0 Å². The van der Waals surface area contributed by atoms with Crippen LogP contribution in [0, 0.1) is 0 Å². The summed E-state index contributed by atoms with van der Waals surface area (Å²) in [5, 5.41) is 0. The first-order valence-corrected chi connectivity index (χ1v) is 7.32. The highest BCUT2D eigenvalue weighted by molar-refractivity contribution is 8.20. The van der Waals surface area contributed by atoms with Gasteiger partial charge in [0.05, 0.1) is 4.58 Å². The molecule has 0 aromatic heterocycles. The molecule has 14 heavy (non-hydrogen) atoms. The predicted molar refractivity (Wildman–Crippen MR) is 71.1 cm³/mol. The van der Waals surface area contributed by atoms with Crippen LogP contribution in [0.15, 0.2) is 23.3 Å². The Morgan fingerprint density at radius 2 is 1.86 bits per heavy atom. The molecule has 0 aliphatic carbocycles. The average Bonchev–Trinajstić information content (AvgIpc) is 2.56. The second-order valence-corrected chi connectivity index (χ2v) is 6.74. The lowest BCUT2D eigenvalue weighted by atomic mass is 10.1. The molecule has 1 aliphatic rings. The smallest absolute Gasteiger partial charge is 0.0685 e. The van der Waals surface area contributed by atoms with Crippen molar-refractivity contribution in [1.82, 2.24) is 0 Å². The number of rotatable bonds is 4. The fourth-order valence-corrected chi connectivity index (χ4v) is 4.23. The first-order chi connectivity index (χ1) is 6.68. The van der Waals surface area contributed by atoms with E-state index >= 15 is 0 Å². The first kappa shape index (κ1) is 12.3. The van der Waals surface area contributed by atoms with E-state index in [4.69, 9.17) is 0 Å². The zero-order valence-electron chi connectivity index (χ0n) is 9.38. The molecule has 0 bridgehead atoms. The topological polar surface area (TPSA) is 0 Å². The van der Waals surface area contributed by atoms with Gasteiger partial charge in [-0.05, 0) is 33.6 Å². The number of hydrogen-bond donors (Lipinski definition) is 0. The van der Waals surface area contributed by atoms with E-state index in [1.165, 1.54) is 29.9 Å². The van der Waals surface area contributed by atoms with Crippen molar-refractivity contribution in [2.45, 2.75) is 38.2 Å². The Morgan fingerprint density at radius 3 is 2.43 bits per heavy atom. The largest absolute Gasteiger partial charge is 0.143 e. The van der Waals surface area contributed by atoms with Gasteiger partial charge < -0.3 is 0 Å². The van der Waals surface area contributed by atoms with Crippen LogP contribution >= 0.6 is 23.5 Å². The Labute approximate surface area is 96.6 Å². The summed E-state index contributed by atoms with van der Waals surface area (Å²) in [6.07, 6.45) is 7.20. The lowest BCUT2D eigenvalue weighted by molar-refractivity contribution is 0.963. The summed E-state index contributed by atoms with van der Waals surface area (Å²) in [7, 11) is 0. The third-order valence-corrected chi connectivity index (χ3v) is 5.04. The molecule has 0 saturated carbocycles. The maximum atomic E-state index is 2.45. The summed E-state index contributed by atoms with van der Waals surface area (Å²) in [5.74, 6) is 2.65. The SMILES string of the molecule is CC(C)=CCC/C(C)=C\C1SCCS1. The van der Waals surface area contributed by atoms with Crippen molar-refractivity contribution in [3.63, 3.8) is 0 Å². The Balaban J connectivity index is 2.26. The van der Waals surface area contributed by atoms with Gasteiger partial charge in [-0.2, -0.15) is 0 Å². The standard InChI is InChI=1S/C12H20S2/c1-10(2)5-4-6-11(3)9-12-13-7-8-14-12/h5,9,12H,4,6-8H2,1-3H3/b11-9-. The van der Waals surface area contributed by atoms with Crippen LogP contribution in [0.3, 0.4) is 0 Å². The third-order valence-electron chi connectivity index (χ3n) is 2.16. The molecule has 1 saturated heterocycles. The quantitative estimate of drug-likeness (QED) is 0.650. The van der Waals surface area contributed by atoms with Crippen molar-refractivity contribution >= 4 is 23.5 Å². The summed E-state index contributed by atoms with van der Waals surface area (Å²) < 4.78 is 0.738. The van der Waals surface area contributed by atoms with Gasteiger partial charge in [0, 0.05) is 11.5 Å². The highest BCUT2D eigenvalue weighted by atomic mass is 32.2. The maximum Gasteiger partial charge on any atom is 0.0685 e. The van der Waals surface area contributed by atoms with Crippen LogP contribution < -0.4 is 0 Å². The fourth-order valence-electron chi connectivity index (χ4n) is 1.38. The maximum absolute atomic E-state index is 2.45. The lowest BCUT2D eigenvalue weighted by Gasteiger charge is -2.04. The Kier molecular flexibility index (Phi) is 5.80. The van der Waals surface area contributed by atoms with Crippen molar-refractivity contribution in [3.05, 3.63) is 23.3 Å². The highest BCUT2D eigenvalue weighted by Gasteiger charge is 2.12. The minimum Gasteiger partial charge on any atom is -0.143 e. The van der Waals surface area contributed by atoms with Gasteiger partial charge in [-0.25, -0.2) is 0 Å². The first-order valence-electron chi connectivity index (χ1n) is 5.22. The molecule has 1 heterocycles. The number of allylic oxidation sites excluding steroid dienone is 3. The average molecular weight is 228 g/mol. The van der Waals surface area contributed by atoms with Gasteiger partial charge >= 0.3 is 0 Å². The molecule has 0 aromatic rings. The summed E-state index contributed by atoms with van der Waals surface area (Å²) in [4.78, 5) is 0. The molecular formula is C12H20S2. The molecule has 0 unspecified atom stereocenters. The van der Waals surface area contributed by atoms with Crippen LogP contribution in [0.25, 0.3) is 0 Å². The van der Waals surface area contributed by atoms with Gasteiger partial charge in [0.15, 0.2) is 0 Å². The molecule has 0 atom stereocenters. The van der Waals surface area contributed by atoms with Gasteiger partial charge in [0.25, 0.3) is 0 Å². The van der Waals surface area contributed by atoms with Crippen molar-refractivity contribution in [1.29, 1.82) is 0 Å². The summed E-state index contributed by atoms with van der Waals surface area (Å²) in [6.45, 7) is 6.60. The molecule has 0 radical (unpaired) electrons. The Morgan fingerprint density at radius 1 is 1.21 bits per heavy atom. The highest BCUT2D eigenvalue weighted by Crippen LogP contribution is 2.33. The second-order valence-electron chi connectivity index (χ2n) is 3.94.